The summed E-state index contributed by atoms with van der Waals surface area (Å²) in [6, 6.07) is 28.7. The summed E-state index contributed by atoms with van der Waals surface area (Å²) >= 11 is 0. The molecule has 0 atom stereocenters. The van der Waals surface area contributed by atoms with E-state index in [1.54, 1.807) is 6.92 Å². The molecule has 190 valence electrons. The first-order valence-electron chi connectivity index (χ1n) is 12.0. The number of amides is 1. The van der Waals surface area contributed by atoms with E-state index in [1.165, 1.54) is 22.8 Å². The van der Waals surface area contributed by atoms with Crippen LogP contribution in [0.5, 0.6) is 0 Å². The third-order valence-corrected chi connectivity index (χ3v) is 6.53. The molecule has 0 fully saturated rings. The Bertz CT molecular complexity index is 1700. The first-order chi connectivity index (χ1) is 18.2. The molecular formula is C31H23F3N2O2. The number of benzene rings is 4. The topological polar surface area (TPSA) is 51.1 Å². The summed E-state index contributed by atoms with van der Waals surface area (Å²) < 4.78 is 41.5. The first-order valence-corrected chi connectivity index (χ1v) is 12.0. The average Bonchev–Trinajstić information content (AvgIpc) is 2.92. The lowest BCUT2D eigenvalue weighted by Crippen LogP contribution is -2.33. The number of rotatable bonds is 5. The van der Waals surface area contributed by atoms with Gasteiger partial charge < -0.3 is 5.32 Å². The molecule has 1 aromatic heterocycles. The van der Waals surface area contributed by atoms with Crippen molar-refractivity contribution in [2.75, 3.05) is 0 Å². The molecule has 1 heterocycles. The van der Waals surface area contributed by atoms with Gasteiger partial charge in [0.1, 0.15) is 5.56 Å². The molecule has 4 nitrogen and oxygen atoms in total. The highest BCUT2D eigenvalue weighted by Gasteiger charge is 2.31. The minimum absolute atomic E-state index is 0.0307. The van der Waals surface area contributed by atoms with E-state index in [-0.39, 0.29) is 17.8 Å². The van der Waals surface area contributed by atoms with Crippen molar-refractivity contribution in [2.45, 2.75) is 19.6 Å². The van der Waals surface area contributed by atoms with Crippen LogP contribution < -0.4 is 10.9 Å². The fourth-order valence-electron chi connectivity index (χ4n) is 4.63. The first kappa shape index (κ1) is 25.0. The van der Waals surface area contributed by atoms with E-state index < -0.39 is 23.2 Å². The molecule has 5 aromatic rings. The van der Waals surface area contributed by atoms with Gasteiger partial charge in [0, 0.05) is 23.5 Å². The lowest BCUT2D eigenvalue weighted by atomic mass is 10.0. The van der Waals surface area contributed by atoms with Gasteiger partial charge in [-0.1, -0.05) is 78.9 Å². The van der Waals surface area contributed by atoms with Crippen molar-refractivity contribution < 1.29 is 18.0 Å². The fourth-order valence-corrected chi connectivity index (χ4v) is 4.63. The van der Waals surface area contributed by atoms with E-state index >= 15 is 0 Å². The Balaban J connectivity index is 1.61. The van der Waals surface area contributed by atoms with Crippen LogP contribution in [0, 0.1) is 6.92 Å². The maximum Gasteiger partial charge on any atom is 0.416 e. The summed E-state index contributed by atoms with van der Waals surface area (Å²) in [4.78, 5) is 27.0. The molecule has 0 aliphatic rings. The highest BCUT2D eigenvalue weighted by molar-refractivity contribution is 5.96. The summed E-state index contributed by atoms with van der Waals surface area (Å²) in [7, 11) is 0. The van der Waals surface area contributed by atoms with Gasteiger partial charge in [0.15, 0.2) is 0 Å². The van der Waals surface area contributed by atoms with Gasteiger partial charge in [-0.15, -0.1) is 0 Å². The second-order valence-corrected chi connectivity index (χ2v) is 8.93. The highest BCUT2D eigenvalue weighted by atomic mass is 19.4. The van der Waals surface area contributed by atoms with Crippen molar-refractivity contribution in [3.05, 3.63) is 136 Å². The van der Waals surface area contributed by atoms with Crippen molar-refractivity contribution in [3.8, 4) is 16.8 Å². The van der Waals surface area contributed by atoms with Crippen molar-refractivity contribution in [3.63, 3.8) is 0 Å². The number of hydrogen-bond donors (Lipinski definition) is 1. The number of halogens is 3. The van der Waals surface area contributed by atoms with E-state index in [0.717, 1.165) is 34.0 Å². The van der Waals surface area contributed by atoms with Crippen LogP contribution in [0.25, 0.3) is 27.6 Å². The quantitative estimate of drug-likeness (QED) is 0.278. The molecule has 1 N–H and O–H groups in total. The maximum absolute atomic E-state index is 13.6. The Morgan fingerprint density at radius 2 is 1.53 bits per heavy atom. The van der Waals surface area contributed by atoms with E-state index in [2.05, 4.69) is 5.32 Å². The number of alkyl halides is 3. The molecule has 5 rings (SSSR count). The minimum Gasteiger partial charge on any atom is -0.348 e. The third kappa shape index (κ3) is 4.83. The van der Waals surface area contributed by atoms with Crippen molar-refractivity contribution in [1.82, 2.24) is 9.88 Å². The molecule has 7 heteroatoms. The molecule has 38 heavy (non-hydrogen) atoms. The highest BCUT2D eigenvalue weighted by Crippen LogP contribution is 2.31. The van der Waals surface area contributed by atoms with Crippen LogP contribution in [0.1, 0.15) is 27.2 Å². The van der Waals surface area contributed by atoms with Gasteiger partial charge in [0.05, 0.1) is 5.56 Å². The van der Waals surface area contributed by atoms with Crippen molar-refractivity contribution in [1.29, 1.82) is 0 Å². The number of pyridine rings is 1. The summed E-state index contributed by atoms with van der Waals surface area (Å²) in [6.45, 7) is 1.83. The molecule has 0 spiro atoms. The van der Waals surface area contributed by atoms with E-state index in [0.29, 0.717) is 11.3 Å². The Kier molecular flexibility index (Phi) is 6.59. The Labute approximate surface area is 217 Å². The summed E-state index contributed by atoms with van der Waals surface area (Å²) in [5, 5.41) is 4.83. The second kappa shape index (κ2) is 10.0. The summed E-state index contributed by atoms with van der Waals surface area (Å²) in [5.74, 6) is -0.610. The van der Waals surface area contributed by atoms with Crippen LogP contribution in [0.2, 0.25) is 0 Å². The molecule has 0 unspecified atom stereocenters. The lowest BCUT2D eigenvalue weighted by molar-refractivity contribution is -0.137. The number of fused-ring (bicyclic) bond motifs is 1. The smallest absolute Gasteiger partial charge is 0.348 e. The normalized spacial score (nSPS) is 11.5. The molecule has 0 saturated heterocycles. The van der Waals surface area contributed by atoms with Gasteiger partial charge in [-0.05, 0) is 53.1 Å². The lowest BCUT2D eigenvalue weighted by Gasteiger charge is -2.18. The Hall–Kier alpha value is -4.65. The fraction of sp³-hybridized carbons (Fsp3) is 0.0968. The average molecular weight is 513 g/mol. The zero-order valence-electron chi connectivity index (χ0n) is 20.4. The molecule has 4 aromatic carbocycles. The zero-order chi connectivity index (χ0) is 26.9. The molecule has 1 amide bonds. The number of carbonyl (C=O) groups is 1. The van der Waals surface area contributed by atoms with Gasteiger partial charge in [0.2, 0.25) is 0 Å². The van der Waals surface area contributed by atoms with Crippen molar-refractivity contribution >= 4 is 16.7 Å². The van der Waals surface area contributed by atoms with E-state index in [4.69, 9.17) is 0 Å². The third-order valence-electron chi connectivity index (χ3n) is 6.53. The van der Waals surface area contributed by atoms with Gasteiger partial charge >= 0.3 is 6.18 Å². The standard InChI is InChI=1S/C31H23F3N2O2/c1-20-27(22-9-3-2-4-10-22)18-28(30(38)36(20)25-15-8-14-24(17-25)31(32,33)34)29(37)35-19-23-13-7-12-21-11-5-6-16-26(21)23/h2-18H,19H2,1H3,(H,35,37). The van der Waals surface area contributed by atoms with Crippen LogP contribution in [-0.4, -0.2) is 10.5 Å². The Morgan fingerprint density at radius 1 is 0.842 bits per heavy atom. The molecule has 0 radical (unpaired) electrons. The number of carbonyl (C=O) groups excluding carboxylic acids is 1. The van der Waals surface area contributed by atoms with E-state index in [9.17, 15) is 22.8 Å². The molecule has 0 aliphatic carbocycles. The molecule has 0 bridgehead atoms. The molecular weight excluding hydrogens is 489 g/mol. The zero-order valence-corrected chi connectivity index (χ0v) is 20.4. The Morgan fingerprint density at radius 3 is 2.29 bits per heavy atom. The largest absolute Gasteiger partial charge is 0.416 e. The van der Waals surface area contributed by atoms with Gasteiger partial charge in [-0.25, -0.2) is 0 Å². The number of nitrogens with zero attached hydrogens (tertiary/aromatic N) is 1. The number of aromatic nitrogens is 1. The molecule has 0 saturated carbocycles. The predicted molar refractivity (Wildman–Crippen MR) is 142 cm³/mol. The second-order valence-electron chi connectivity index (χ2n) is 8.93. The van der Waals surface area contributed by atoms with Crippen molar-refractivity contribution in [2.24, 2.45) is 0 Å². The monoisotopic (exact) mass is 512 g/mol. The maximum atomic E-state index is 13.6. The van der Waals surface area contributed by atoms with Crippen LogP contribution >= 0.6 is 0 Å². The van der Waals surface area contributed by atoms with Gasteiger partial charge in [-0.2, -0.15) is 13.2 Å². The summed E-state index contributed by atoms with van der Waals surface area (Å²) in [5.41, 5.74) is 0.892. The number of hydrogen-bond acceptors (Lipinski definition) is 2. The van der Waals surface area contributed by atoms with Crippen LogP contribution in [0.15, 0.2) is 108 Å². The number of nitrogens with one attached hydrogen (secondary N) is 1. The van der Waals surface area contributed by atoms with Crippen LogP contribution in [0.3, 0.4) is 0 Å². The SMILES string of the molecule is Cc1c(-c2ccccc2)cc(C(=O)NCc2cccc3ccccc23)c(=O)n1-c1cccc(C(F)(F)F)c1. The summed E-state index contributed by atoms with van der Waals surface area (Å²) in [6.07, 6.45) is -4.58. The van der Waals surface area contributed by atoms with Crippen LogP contribution in [-0.2, 0) is 12.7 Å². The van der Waals surface area contributed by atoms with Crippen LogP contribution in [0.4, 0.5) is 13.2 Å². The van der Waals surface area contributed by atoms with Gasteiger partial charge in [-0.3, -0.25) is 14.2 Å². The molecule has 0 aliphatic heterocycles. The van der Waals surface area contributed by atoms with E-state index in [1.807, 2.05) is 72.8 Å². The van der Waals surface area contributed by atoms with Gasteiger partial charge in [0.25, 0.3) is 11.5 Å². The predicted octanol–water partition coefficient (Wildman–Crippen LogP) is 6.91. The minimum atomic E-state index is -4.58.